The van der Waals surface area contributed by atoms with Crippen molar-refractivity contribution < 1.29 is 23.1 Å². The first kappa shape index (κ1) is 22.3. The Hall–Kier alpha value is -2.71. The molecule has 2 rings (SSSR count). The molecule has 146 valence electrons. The van der Waals surface area contributed by atoms with E-state index in [1.165, 1.54) is 30.3 Å². The molecule has 2 aromatic carbocycles. The fourth-order valence-electron chi connectivity index (χ4n) is 2.35. The van der Waals surface area contributed by atoms with Crippen molar-refractivity contribution in [1.82, 2.24) is 10.3 Å². The van der Waals surface area contributed by atoms with Crippen LogP contribution < -0.4 is 11.2 Å². The van der Waals surface area contributed by atoms with Gasteiger partial charge >= 0.3 is 12.0 Å². The van der Waals surface area contributed by atoms with E-state index in [4.69, 9.17) is 5.84 Å². The van der Waals surface area contributed by atoms with Crippen molar-refractivity contribution >= 4 is 24.4 Å². The summed E-state index contributed by atoms with van der Waals surface area (Å²) >= 11 is 0. The van der Waals surface area contributed by atoms with Crippen LogP contribution >= 0.6 is 12.4 Å². The van der Waals surface area contributed by atoms with Gasteiger partial charge in [-0.1, -0.05) is 24.3 Å². The molecule has 0 aliphatic carbocycles. The Balaban J connectivity index is 0.00000364. The number of nitrogens with zero attached hydrogens (tertiary/aromatic N) is 1. The van der Waals surface area contributed by atoms with E-state index in [2.05, 4.69) is 10.1 Å². The van der Waals surface area contributed by atoms with Gasteiger partial charge in [0.05, 0.1) is 7.11 Å². The van der Waals surface area contributed by atoms with Gasteiger partial charge in [-0.2, -0.15) is 0 Å². The van der Waals surface area contributed by atoms with Crippen LogP contribution in [0.5, 0.6) is 0 Å². The highest BCUT2D eigenvalue weighted by atomic mass is 35.5. The van der Waals surface area contributed by atoms with E-state index in [1.54, 1.807) is 6.92 Å². The molecular weight excluding hydrogens is 380 g/mol. The van der Waals surface area contributed by atoms with E-state index in [9.17, 15) is 18.4 Å². The summed E-state index contributed by atoms with van der Waals surface area (Å²) in [5, 5.41) is 3.45. The lowest BCUT2D eigenvalue weighted by Crippen LogP contribution is -2.44. The monoisotopic (exact) mass is 399 g/mol. The second kappa shape index (κ2) is 9.84. The van der Waals surface area contributed by atoms with Crippen LogP contribution in [0, 0.1) is 11.6 Å². The number of urea groups is 1. The first-order valence-corrected chi connectivity index (χ1v) is 7.84. The largest absolute Gasteiger partial charge is 0.465 e. The molecule has 0 aromatic heterocycles. The summed E-state index contributed by atoms with van der Waals surface area (Å²) in [7, 11) is 1.14. The molecule has 0 heterocycles. The molecule has 0 unspecified atom stereocenters. The van der Waals surface area contributed by atoms with Crippen LogP contribution in [0.4, 0.5) is 13.6 Å². The second-order valence-corrected chi connectivity index (χ2v) is 5.40. The first-order chi connectivity index (χ1) is 12.4. The summed E-state index contributed by atoms with van der Waals surface area (Å²) in [6.45, 7) is 1.95. The van der Waals surface area contributed by atoms with Gasteiger partial charge in [-0.15, -0.1) is 12.4 Å². The number of hydrogen-bond acceptors (Lipinski definition) is 4. The zero-order valence-corrected chi connectivity index (χ0v) is 15.6. The zero-order chi connectivity index (χ0) is 19.3. The highest BCUT2D eigenvalue weighted by molar-refractivity contribution is 5.97. The van der Waals surface area contributed by atoms with Gasteiger partial charge < -0.3 is 10.1 Å². The van der Waals surface area contributed by atoms with Gasteiger partial charge in [-0.3, -0.25) is 5.01 Å². The van der Waals surface area contributed by atoms with E-state index in [0.717, 1.165) is 18.2 Å². The van der Waals surface area contributed by atoms with Gasteiger partial charge in [0.25, 0.3) is 0 Å². The summed E-state index contributed by atoms with van der Waals surface area (Å²) in [6, 6.07) is 7.66. The van der Waals surface area contributed by atoms with Crippen molar-refractivity contribution in [3.05, 3.63) is 59.2 Å². The minimum Gasteiger partial charge on any atom is -0.465 e. The van der Waals surface area contributed by atoms with Gasteiger partial charge in [0, 0.05) is 18.7 Å². The van der Waals surface area contributed by atoms with Gasteiger partial charge in [0.2, 0.25) is 0 Å². The van der Waals surface area contributed by atoms with Gasteiger partial charge in [-0.25, -0.2) is 24.2 Å². The molecule has 0 aliphatic rings. The van der Waals surface area contributed by atoms with E-state index in [1.807, 2.05) is 0 Å². The van der Waals surface area contributed by atoms with Crippen LogP contribution in [0.15, 0.2) is 36.4 Å². The number of hydrogen-bond donors (Lipinski definition) is 2. The Labute approximate surface area is 161 Å². The van der Waals surface area contributed by atoms with Crippen molar-refractivity contribution in [2.45, 2.75) is 13.5 Å². The topological polar surface area (TPSA) is 84.7 Å². The lowest BCUT2D eigenvalue weighted by Gasteiger charge is -2.15. The van der Waals surface area contributed by atoms with Crippen molar-refractivity contribution in [3.63, 3.8) is 0 Å². The van der Waals surface area contributed by atoms with Crippen molar-refractivity contribution in [2.24, 2.45) is 5.84 Å². The maximum atomic E-state index is 14.4. The van der Waals surface area contributed by atoms with E-state index < -0.39 is 23.6 Å². The Morgan fingerprint density at radius 2 is 1.89 bits per heavy atom. The molecule has 2 aromatic rings. The maximum Gasteiger partial charge on any atom is 0.341 e. The first-order valence-electron chi connectivity index (χ1n) is 7.84. The highest BCUT2D eigenvalue weighted by Gasteiger charge is 2.19. The molecule has 0 saturated heterocycles. The van der Waals surface area contributed by atoms with Crippen LogP contribution in [0.3, 0.4) is 0 Å². The fraction of sp³-hybridized carbons (Fsp3) is 0.222. The predicted molar refractivity (Wildman–Crippen MR) is 99.2 cm³/mol. The highest BCUT2D eigenvalue weighted by Crippen LogP contribution is 2.28. The predicted octanol–water partition coefficient (Wildman–Crippen LogP) is 3.25. The number of ether oxygens (including phenoxy) is 1. The minimum atomic E-state index is -0.850. The SMILES string of the molecule is CCN(N)C(=O)NCc1ccc(-c2cccc(F)c2C(=O)OC)cc1F.Cl. The molecule has 0 bridgehead atoms. The standard InChI is InChI=1S/C18H19F2N3O3.ClH/c1-3-23(21)18(25)22-10-12-8-7-11(9-15(12)20)13-5-4-6-14(19)16(13)17(24)26-2;/h4-9H,3,10,21H2,1-2H3,(H,22,25);1H. The Morgan fingerprint density at radius 3 is 2.48 bits per heavy atom. The molecule has 3 N–H and O–H groups in total. The van der Waals surface area contributed by atoms with Crippen molar-refractivity contribution in [1.29, 1.82) is 0 Å². The van der Waals surface area contributed by atoms with Gasteiger partial charge in [0.15, 0.2) is 0 Å². The van der Waals surface area contributed by atoms with Crippen LogP contribution in [-0.2, 0) is 11.3 Å². The zero-order valence-electron chi connectivity index (χ0n) is 14.8. The normalized spacial score (nSPS) is 9.96. The minimum absolute atomic E-state index is 0. The summed E-state index contributed by atoms with van der Waals surface area (Å²) in [5.41, 5.74) is 0.483. The number of carbonyl (C=O) groups is 2. The third kappa shape index (κ3) is 5.15. The molecule has 27 heavy (non-hydrogen) atoms. The number of amides is 2. The Morgan fingerprint density at radius 1 is 1.19 bits per heavy atom. The van der Waals surface area contributed by atoms with E-state index in [-0.39, 0.29) is 35.6 Å². The number of esters is 1. The van der Waals surface area contributed by atoms with Gasteiger partial charge in [-0.05, 0) is 30.2 Å². The summed E-state index contributed by atoms with van der Waals surface area (Å²) < 4.78 is 33.0. The van der Waals surface area contributed by atoms with E-state index >= 15 is 0 Å². The smallest absolute Gasteiger partial charge is 0.341 e. The van der Waals surface area contributed by atoms with Crippen LogP contribution in [0.1, 0.15) is 22.8 Å². The number of nitrogens with two attached hydrogens (primary N) is 1. The number of halogens is 3. The van der Waals surface area contributed by atoms with Gasteiger partial charge in [0.1, 0.15) is 17.2 Å². The second-order valence-electron chi connectivity index (χ2n) is 5.40. The third-order valence-electron chi connectivity index (χ3n) is 3.80. The van der Waals surface area contributed by atoms with Crippen molar-refractivity contribution in [2.75, 3.05) is 13.7 Å². The molecule has 0 atom stereocenters. The Kier molecular flexibility index (Phi) is 8.14. The lowest BCUT2D eigenvalue weighted by molar-refractivity contribution is 0.0596. The lowest BCUT2D eigenvalue weighted by atomic mass is 9.98. The van der Waals surface area contributed by atoms with E-state index in [0.29, 0.717) is 12.1 Å². The Bertz CT molecular complexity index is 833. The summed E-state index contributed by atoms with van der Waals surface area (Å²) in [5.74, 6) is 3.23. The number of benzene rings is 2. The number of nitrogens with one attached hydrogen (secondary N) is 1. The molecule has 0 spiro atoms. The third-order valence-corrected chi connectivity index (χ3v) is 3.80. The molecule has 0 fully saturated rings. The number of rotatable bonds is 5. The fourth-order valence-corrected chi connectivity index (χ4v) is 2.35. The van der Waals surface area contributed by atoms with Crippen LogP contribution in [0.25, 0.3) is 11.1 Å². The molecule has 0 aliphatic heterocycles. The quantitative estimate of drug-likeness (QED) is 0.350. The summed E-state index contributed by atoms with van der Waals surface area (Å²) in [4.78, 5) is 23.4. The average Bonchev–Trinajstić information content (AvgIpc) is 2.65. The van der Waals surface area contributed by atoms with Crippen LogP contribution in [0.2, 0.25) is 0 Å². The van der Waals surface area contributed by atoms with Crippen molar-refractivity contribution in [3.8, 4) is 11.1 Å². The summed E-state index contributed by atoms with van der Waals surface area (Å²) in [6.07, 6.45) is 0. The number of hydrazine groups is 1. The molecular formula is C18H20ClF2N3O3. The average molecular weight is 400 g/mol. The maximum absolute atomic E-state index is 14.4. The number of methoxy groups -OCH3 is 1. The number of carbonyl (C=O) groups excluding carboxylic acids is 2. The molecule has 0 saturated carbocycles. The van der Waals surface area contributed by atoms with Crippen LogP contribution in [-0.4, -0.2) is 30.7 Å². The molecule has 2 amide bonds. The molecule has 9 heteroatoms. The molecule has 6 nitrogen and oxygen atoms in total. The molecule has 0 radical (unpaired) electrons.